The third kappa shape index (κ3) is 4.82. The van der Waals surface area contributed by atoms with Crippen molar-refractivity contribution in [2.45, 2.75) is 0 Å². The van der Waals surface area contributed by atoms with Gasteiger partial charge in [0.15, 0.2) is 17.4 Å². The number of halogens is 5. The van der Waals surface area contributed by atoms with Crippen molar-refractivity contribution in [1.29, 1.82) is 0 Å². The topological polar surface area (TPSA) is 70.7 Å². The summed E-state index contributed by atoms with van der Waals surface area (Å²) in [6, 6.07) is 7.19. The Morgan fingerprint density at radius 3 is 1.38 bits per heavy atom. The highest BCUT2D eigenvalue weighted by Crippen LogP contribution is 2.31. The van der Waals surface area contributed by atoms with Gasteiger partial charge < -0.3 is 5.11 Å². The van der Waals surface area contributed by atoms with Crippen LogP contribution in [0.3, 0.4) is 0 Å². The van der Waals surface area contributed by atoms with E-state index in [1.54, 1.807) is 49.1 Å². The first kappa shape index (κ1) is 19.4. The van der Waals surface area contributed by atoms with Crippen molar-refractivity contribution in [2.24, 2.45) is 10.2 Å². The predicted octanol–water partition coefficient (Wildman–Crippen LogP) is 5.60. The molecule has 0 unspecified atom stereocenters. The number of rotatable bonds is 2. The van der Waals surface area contributed by atoms with E-state index >= 15 is 0 Å². The highest BCUT2D eigenvalue weighted by atomic mass is 79.9. The summed E-state index contributed by atoms with van der Waals surface area (Å²) in [5.74, 6) is -8.62. The van der Waals surface area contributed by atoms with Crippen LogP contribution >= 0.6 is 15.9 Å². The monoisotopic (exact) mass is 428 g/mol. The lowest BCUT2D eigenvalue weighted by molar-refractivity contribution is 0.353. The van der Waals surface area contributed by atoms with Gasteiger partial charge in [-0.25, -0.2) is 8.78 Å². The SMILES string of the molecule is Oc1c(F)c(F)c(Br)c(F)c1F.c1cc(N=Nc2ccncc2)ccn1. The molecule has 0 aliphatic heterocycles. The molecule has 0 spiro atoms. The highest BCUT2D eigenvalue weighted by molar-refractivity contribution is 9.10. The standard InChI is InChI=1S/C10H8N4.C6HBrF4O/c1-5-11-6-2-9(1)13-14-10-3-7-12-8-4-10;7-1-2(8)4(10)6(12)5(11)3(1)9/h1-8H;12H. The van der Waals surface area contributed by atoms with Gasteiger partial charge in [-0.2, -0.15) is 19.0 Å². The summed E-state index contributed by atoms with van der Waals surface area (Å²) in [6.07, 6.45) is 6.73. The average Bonchev–Trinajstić information content (AvgIpc) is 2.70. The summed E-state index contributed by atoms with van der Waals surface area (Å²) in [7, 11) is 0. The predicted molar refractivity (Wildman–Crippen MR) is 88.3 cm³/mol. The second-order valence-corrected chi connectivity index (χ2v) is 5.32. The number of aromatic nitrogens is 2. The van der Waals surface area contributed by atoms with Crippen LogP contribution < -0.4 is 0 Å². The smallest absolute Gasteiger partial charge is 0.204 e. The molecule has 1 aromatic carbocycles. The molecule has 3 rings (SSSR count). The van der Waals surface area contributed by atoms with E-state index in [4.69, 9.17) is 5.11 Å². The zero-order chi connectivity index (χ0) is 19.1. The Balaban J connectivity index is 0.000000190. The first-order chi connectivity index (χ1) is 12.4. The van der Waals surface area contributed by atoms with Gasteiger partial charge in [0, 0.05) is 24.8 Å². The van der Waals surface area contributed by atoms with Crippen molar-refractivity contribution in [2.75, 3.05) is 0 Å². The van der Waals surface area contributed by atoms with Gasteiger partial charge in [-0.3, -0.25) is 9.97 Å². The molecule has 26 heavy (non-hydrogen) atoms. The van der Waals surface area contributed by atoms with E-state index in [0.29, 0.717) is 0 Å². The molecule has 2 heterocycles. The molecular weight excluding hydrogens is 420 g/mol. The molecule has 0 atom stereocenters. The van der Waals surface area contributed by atoms with Gasteiger partial charge in [-0.15, -0.1) is 0 Å². The quantitative estimate of drug-likeness (QED) is 0.250. The molecule has 3 aromatic rings. The maximum atomic E-state index is 12.4. The van der Waals surface area contributed by atoms with E-state index in [0.717, 1.165) is 11.4 Å². The summed E-state index contributed by atoms with van der Waals surface area (Å²) >= 11 is 2.27. The first-order valence-corrected chi connectivity index (χ1v) is 7.63. The summed E-state index contributed by atoms with van der Waals surface area (Å²) in [5, 5.41) is 16.5. The molecular formula is C16H9BrF4N4O. The molecule has 1 N–H and O–H groups in total. The Hall–Kier alpha value is -2.88. The van der Waals surface area contributed by atoms with E-state index < -0.39 is 33.5 Å². The number of phenols is 1. The van der Waals surface area contributed by atoms with Crippen LogP contribution in [0, 0.1) is 23.3 Å². The number of hydrogen-bond acceptors (Lipinski definition) is 5. The lowest BCUT2D eigenvalue weighted by Crippen LogP contribution is -1.96. The summed E-state index contributed by atoms with van der Waals surface area (Å²) in [4.78, 5) is 7.78. The minimum Gasteiger partial charge on any atom is -0.503 e. The maximum absolute atomic E-state index is 12.4. The van der Waals surface area contributed by atoms with Crippen molar-refractivity contribution in [1.82, 2.24) is 9.97 Å². The lowest BCUT2D eigenvalue weighted by atomic mass is 10.3. The van der Waals surface area contributed by atoms with Crippen LogP contribution in [0.15, 0.2) is 63.8 Å². The van der Waals surface area contributed by atoms with Crippen molar-refractivity contribution in [3.8, 4) is 5.75 Å². The molecule has 5 nitrogen and oxygen atoms in total. The maximum Gasteiger partial charge on any atom is 0.204 e. The van der Waals surface area contributed by atoms with E-state index in [1.165, 1.54) is 0 Å². The molecule has 0 saturated heterocycles. The van der Waals surface area contributed by atoms with E-state index in [1.807, 2.05) is 0 Å². The van der Waals surface area contributed by atoms with Gasteiger partial charge in [-0.05, 0) is 40.2 Å². The minimum atomic E-state index is -1.82. The van der Waals surface area contributed by atoms with Gasteiger partial charge >= 0.3 is 0 Å². The number of pyridine rings is 2. The first-order valence-electron chi connectivity index (χ1n) is 6.84. The molecule has 0 aliphatic carbocycles. The van der Waals surface area contributed by atoms with Crippen molar-refractivity contribution < 1.29 is 22.7 Å². The molecule has 2 aromatic heterocycles. The number of nitrogens with zero attached hydrogens (tertiary/aromatic N) is 4. The van der Waals surface area contributed by atoms with Crippen LogP contribution in [-0.2, 0) is 0 Å². The number of azo groups is 1. The van der Waals surface area contributed by atoms with Crippen LogP contribution in [0.4, 0.5) is 28.9 Å². The second-order valence-electron chi connectivity index (χ2n) is 4.53. The van der Waals surface area contributed by atoms with Crippen LogP contribution in [-0.4, -0.2) is 15.1 Å². The molecule has 10 heteroatoms. The third-order valence-corrected chi connectivity index (χ3v) is 3.49. The molecule has 0 aliphatic rings. The fraction of sp³-hybridized carbons (Fsp3) is 0. The van der Waals surface area contributed by atoms with Gasteiger partial charge in [-0.1, -0.05) is 0 Å². The molecule has 0 bridgehead atoms. The number of hydrogen-bond donors (Lipinski definition) is 1. The molecule has 0 saturated carbocycles. The van der Waals surface area contributed by atoms with Crippen LogP contribution in [0.2, 0.25) is 0 Å². The molecule has 0 amide bonds. The third-order valence-electron chi connectivity index (χ3n) is 2.79. The van der Waals surface area contributed by atoms with Gasteiger partial charge in [0.1, 0.15) is 0 Å². The van der Waals surface area contributed by atoms with Crippen LogP contribution in [0.1, 0.15) is 0 Å². The summed E-state index contributed by atoms with van der Waals surface area (Å²) in [6.45, 7) is 0. The Kier molecular flexibility index (Phi) is 6.73. The van der Waals surface area contributed by atoms with Crippen LogP contribution in [0.5, 0.6) is 5.75 Å². The molecule has 0 fully saturated rings. The molecule has 0 radical (unpaired) electrons. The van der Waals surface area contributed by atoms with Crippen molar-refractivity contribution >= 4 is 27.3 Å². The van der Waals surface area contributed by atoms with Gasteiger partial charge in [0.05, 0.1) is 15.8 Å². The largest absolute Gasteiger partial charge is 0.503 e. The van der Waals surface area contributed by atoms with Gasteiger partial charge in [0.2, 0.25) is 11.6 Å². The number of aromatic hydroxyl groups is 1. The van der Waals surface area contributed by atoms with Crippen molar-refractivity contribution in [3.05, 3.63) is 76.8 Å². The van der Waals surface area contributed by atoms with E-state index in [-0.39, 0.29) is 0 Å². The molecule has 134 valence electrons. The fourth-order valence-corrected chi connectivity index (χ4v) is 1.88. The Labute approximate surface area is 153 Å². The minimum absolute atomic E-state index is 0.789. The highest BCUT2D eigenvalue weighted by Gasteiger charge is 2.23. The summed E-state index contributed by atoms with van der Waals surface area (Å²) in [5.41, 5.74) is 1.58. The lowest BCUT2D eigenvalue weighted by Gasteiger charge is -2.02. The average molecular weight is 429 g/mol. The number of phenolic OH excluding ortho intramolecular Hbond substituents is 1. The zero-order valence-electron chi connectivity index (χ0n) is 12.7. The summed E-state index contributed by atoms with van der Waals surface area (Å²) < 4.78 is 48.7. The van der Waals surface area contributed by atoms with E-state index in [9.17, 15) is 17.6 Å². The van der Waals surface area contributed by atoms with Gasteiger partial charge in [0.25, 0.3) is 0 Å². The zero-order valence-corrected chi connectivity index (χ0v) is 14.3. The Morgan fingerprint density at radius 2 is 1.04 bits per heavy atom. The normalized spacial score (nSPS) is 10.5. The van der Waals surface area contributed by atoms with Crippen molar-refractivity contribution in [3.63, 3.8) is 0 Å². The fourth-order valence-electron chi connectivity index (χ4n) is 1.53. The Bertz CT molecular complexity index is 765. The van der Waals surface area contributed by atoms with E-state index in [2.05, 4.69) is 36.1 Å². The Morgan fingerprint density at radius 1 is 0.692 bits per heavy atom. The number of benzene rings is 1. The second kappa shape index (κ2) is 8.99. The van der Waals surface area contributed by atoms with Crippen LogP contribution in [0.25, 0.3) is 0 Å².